The number of nitriles is 1. The van der Waals surface area contributed by atoms with Crippen molar-refractivity contribution in [3.8, 4) is 6.07 Å². The fourth-order valence-corrected chi connectivity index (χ4v) is 3.44. The van der Waals surface area contributed by atoms with Crippen LogP contribution in [0.5, 0.6) is 0 Å². The molecule has 1 aromatic carbocycles. The summed E-state index contributed by atoms with van der Waals surface area (Å²) in [4.78, 5) is 26.6. The topological polar surface area (TPSA) is 79.6 Å². The summed E-state index contributed by atoms with van der Waals surface area (Å²) in [6.45, 7) is 2.24. The van der Waals surface area contributed by atoms with E-state index in [-0.39, 0.29) is 30.9 Å². The first-order valence-electron chi connectivity index (χ1n) is 7.71. The zero-order valence-corrected chi connectivity index (χ0v) is 12.8. The highest BCUT2D eigenvalue weighted by atomic mass is 16.5. The monoisotopic (exact) mass is 314 g/mol. The zero-order chi connectivity index (χ0) is 16.4. The Morgan fingerprint density at radius 3 is 2.83 bits per heavy atom. The third-order valence-corrected chi connectivity index (χ3v) is 4.43. The second-order valence-corrected chi connectivity index (χ2v) is 5.67. The van der Waals surface area contributed by atoms with Gasteiger partial charge in [0.05, 0.1) is 25.3 Å². The van der Waals surface area contributed by atoms with Gasteiger partial charge in [-0.2, -0.15) is 5.26 Å². The van der Waals surface area contributed by atoms with Crippen LogP contribution in [0.3, 0.4) is 0 Å². The third kappa shape index (κ3) is 2.57. The van der Waals surface area contributed by atoms with Crippen LogP contribution in [0.15, 0.2) is 30.3 Å². The second-order valence-electron chi connectivity index (χ2n) is 5.67. The highest BCUT2D eigenvalue weighted by Crippen LogP contribution is 2.44. The molecule has 0 aromatic heterocycles. The third-order valence-electron chi connectivity index (χ3n) is 4.43. The molecule has 0 spiro atoms. The van der Waals surface area contributed by atoms with Gasteiger partial charge in [-0.1, -0.05) is 30.3 Å². The van der Waals surface area contributed by atoms with Crippen LogP contribution >= 0.6 is 0 Å². The van der Waals surface area contributed by atoms with Crippen LogP contribution in [0.2, 0.25) is 0 Å². The number of carbonyl (C=O) groups excluding carboxylic acids is 2. The van der Waals surface area contributed by atoms with Crippen LogP contribution in [0.1, 0.15) is 25.1 Å². The predicted molar refractivity (Wildman–Crippen MR) is 79.6 cm³/mol. The maximum absolute atomic E-state index is 12.8. The van der Waals surface area contributed by atoms with E-state index in [0.717, 1.165) is 5.56 Å². The molecular weight excluding hydrogens is 296 g/mol. The number of esters is 1. The van der Waals surface area contributed by atoms with Gasteiger partial charge in [0.25, 0.3) is 0 Å². The molecule has 6 nitrogen and oxygen atoms in total. The Labute approximate surface area is 134 Å². The average molecular weight is 314 g/mol. The van der Waals surface area contributed by atoms with E-state index in [1.807, 2.05) is 30.3 Å². The van der Waals surface area contributed by atoms with E-state index >= 15 is 0 Å². The van der Waals surface area contributed by atoms with Crippen molar-refractivity contribution in [2.75, 3.05) is 13.2 Å². The van der Waals surface area contributed by atoms with Gasteiger partial charge in [0.15, 0.2) is 6.23 Å². The molecule has 23 heavy (non-hydrogen) atoms. The molecule has 2 heterocycles. The molecule has 0 aliphatic carbocycles. The van der Waals surface area contributed by atoms with E-state index in [9.17, 15) is 9.59 Å². The van der Waals surface area contributed by atoms with Crippen molar-refractivity contribution in [1.82, 2.24) is 4.90 Å². The van der Waals surface area contributed by atoms with Crippen molar-refractivity contribution in [1.29, 1.82) is 5.26 Å². The Morgan fingerprint density at radius 1 is 1.43 bits per heavy atom. The predicted octanol–water partition coefficient (Wildman–Crippen LogP) is 1.64. The summed E-state index contributed by atoms with van der Waals surface area (Å²) in [6, 6.07) is 11.2. The van der Waals surface area contributed by atoms with Crippen molar-refractivity contribution in [2.24, 2.45) is 11.8 Å². The van der Waals surface area contributed by atoms with Gasteiger partial charge in [0, 0.05) is 17.9 Å². The van der Waals surface area contributed by atoms with Crippen LogP contribution in [-0.4, -0.2) is 36.0 Å². The minimum Gasteiger partial charge on any atom is -0.465 e. The Morgan fingerprint density at radius 2 is 2.17 bits per heavy atom. The zero-order valence-electron chi connectivity index (χ0n) is 12.8. The Hall–Kier alpha value is -2.39. The van der Waals surface area contributed by atoms with Gasteiger partial charge in [-0.3, -0.25) is 9.59 Å². The van der Waals surface area contributed by atoms with Crippen LogP contribution in [0, 0.1) is 23.2 Å². The average Bonchev–Trinajstić information content (AvgIpc) is 3.09. The standard InChI is InChI=1S/C17H18N2O4/c1-2-22-17(21)14-12(8-9-18)13-10-23-16(19(13)15(14)20)11-6-4-3-5-7-11/h3-7,12-14,16H,2,8,10H2,1H3/t12-,13-,14?,16-/m1/s1. The molecule has 0 N–H and O–H groups in total. The summed E-state index contributed by atoms with van der Waals surface area (Å²) >= 11 is 0. The molecule has 0 bridgehead atoms. The first kappa shape index (κ1) is 15.5. The molecule has 1 unspecified atom stereocenters. The molecule has 1 aromatic rings. The Balaban J connectivity index is 1.91. The van der Waals surface area contributed by atoms with Crippen LogP contribution < -0.4 is 0 Å². The second kappa shape index (κ2) is 6.39. The highest BCUT2D eigenvalue weighted by molar-refractivity contribution is 6.00. The van der Waals surface area contributed by atoms with E-state index in [1.165, 1.54) is 0 Å². The number of hydrogen-bond acceptors (Lipinski definition) is 5. The molecule has 0 radical (unpaired) electrons. The summed E-state index contributed by atoms with van der Waals surface area (Å²) in [5, 5.41) is 9.07. The van der Waals surface area contributed by atoms with Gasteiger partial charge < -0.3 is 14.4 Å². The first-order chi connectivity index (χ1) is 11.2. The van der Waals surface area contributed by atoms with Crippen molar-refractivity contribution in [3.05, 3.63) is 35.9 Å². The van der Waals surface area contributed by atoms with E-state index in [2.05, 4.69) is 6.07 Å². The molecule has 2 saturated heterocycles. The summed E-state index contributed by atoms with van der Waals surface area (Å²) in [5.74, 6) is -2.14. The Kier molecular flexibility index (Phi) is 4.30. The van der Waals surface area contributed by atoms with E-state index in [0.29, 0.717) is 6.61 Å². The Bertz CT molecular complexity index is 640. The van der Waals surface area contributed by atoms with Gasteiger partial charge >= 0.3 is 5.97 Å². The highest BCUT2D eigenvalue weighted by Gasteiger charge is 2.57. The van der Waals surface area contributed by atoms with Gasteiger partial charge in [0.1, 0.15) is 5.92 Å². The van der Waals surface area contributed by atoms with Crippen molar-refractivity contribution >= 4 is 11.9 Å². The number of amides is 1. The number of carbonyl (C=O) groups is 2. The molecule has 4 atom stereocenters. The lowest BCUT2D eigenvalue weighted by molar-refractivity contribution is -0.155. The lowest BCUT2D eigenvalue weighted by Gasteiger charge is -2.23. The first-order valence-corrected chi connectivity index (χ1v) is 7.71. The molecule has 2 aliphatic rings. The molecule has 2 fully saturated rings. The largest absolute Gasteiger partial charge is 0.465 e. The van der Waals surface area contributed by atoms with Gasteiger partial charge in [-0.25, -0.2) is 0 Å². The number of fused-ring (bicyclic) bond motifs is 1. The molecule has 3 rings (SSSR count). The number of benzene rings is 1. The van der Waals surface area contributed by atoms with Crippen LogP contribution in [0.4, 0.5) is 0 Å². The van der Waals surface area contributed by atoms with Gasteiger partial charge in [-0.05, 0) is 6.92 Å². The van der Waals surface area contributed by atoms with E-state index in [4.69, 9.17) is 14.7 Å². The molecule has 6 heteroatoms. The fraction of sp³-hybridized carbons (Fsp3) is 0.471. The van der Waals surface area contributed by atoms with Crippen LogP contribution in [0.25, 0.3) is 0 Å². The van der Waals surface area contributed by atoms with Crippen molar-refractivity contribution < 1.29 is 19.1 Å². The normalized spacial score (nSPS) is 29.2. The number of hydrogen-bond donors (Lipinski definition) is 0. The fourth-order valence-electron chi connectivity index (χ4n) is 3.44. The molecule has 1 amide bonds. The number of nitrogens with zero attached hydrogens (tertiary/aromatic N) is 2. The van der Waals surface area contributed by atoms with Gasteiger partial charge in [-0.15, -0.1) is 0 Å². The molecule has 120 valence electrons. The van der Waals surface area contributed by atoms with Crippen LogP contribution in [-0.2, 0) is 19.1 Å². The summed E-state index contributed by atoms with van der Waals surface area (Å²) in [7, 11) is 0. The number of rotatable bonds is 4. The lowest BCUT2D eigenvalue weighted by atomic mass is 9.88. The van der Waals surface area contributed by atoms with E-state index < -0.39 is 18.1 Å². The van der Waals surface area contributed by atoms with Crippen molar-refractivity contribution in [2.45, 2.75) is 25.6 Å². The van der Waals surface area contributed by atoms with Crippen molar-refractivity contribution in [3.63, 3.8) is 0 Å². The summed E-state index contributed by atoms with van der Waals surface area (Å²) in [6.07, 6.45) is -0.379. The maximum atomic E-state index is 12.8. The van der Waals surface area contributed by atoms with E-state index in [1.54, 1.807) is 11.8 Å². The minimum absolute atomic E-state index is 0.126. The minimum atomic E-state index is -0.908. The lowest BCUT2D eigenvalue weighted by Crippen LogP contribution is -2.34. The van der Waals surface area contributed by atoms with Gasteiger partial charge in [0.2, 0.25) is 5.91 Å². The SMILES string of the molecule is CCOC(=O)C1C(=O)N2[C@@H](c3ccccc3)OC[C@@H]2[C@H]1CC#N. The summed E-state index contributed by atoms with van der Waals surface area (Å²) < 4.78 is 10.8. The quantitative estimate of drug-likeness (QED) is 0.623. The smallest absolute Gasteiger partial charge is 0.318 e. The molecule has 2 aliphatic heterocycles. The number of ether oxygens (including phenoxy) is 2. The molecule has 0 saturated carbocycles. The molecular formula is C17H18N2O4. The maximum Gasteiger partial charge on any atom is 0.318 e. The summed E-state index contributed by atoms with van der Waals surface area (Å²) in [5.41, 5.74) is 0.864.